The number of hydrogen-bond donors (Lipinski definition) is 2. The Morgan fingerprint density at radius 3 is 2.56 bits per heavy atom. The second-order valence-electron chi connectivity index (χ2n) is 5.87. The number of aliphatic carboxylic acids is 1. The molecule has 0 saturated heterocycles. The highest BCUT2D eigenvalue weighted by Gasteiger charge is 2.19. The minimum absolute atomic E-state index is 0.120. The average Bonchev–Trinajstić information content (AvgIpc) is 2.54. The lowest BCUT2D eigenvalue weighted by molar-refractivity contribution is -0.139. The lowest BCUT2D eigenvalue weighted by Gasteiger charge is -2.14. The van der Waals surface area contributed by atoms with Gasteiger partial charge in [0, 0.05) is 17.5 Å². The van der Waals surface area contributed by atoms with Gasteiger partial charge in [-0.15, -0.1) is 0 Å². The first-order chi connectivity index (χ1) is 11.7. The number of phenols is 1. The zero-order chi connectivity index (χ0) is 18.7. The van der Waals surface area contributed by atoms with Crippen molar-refractivity contribution in [1.82, 2.24) is 0 Å². The van der Waals surface area contributed by atoms with Crippen LogP contribution in [0.5, 0.6) is 11.5 Å². The fourth-order valence-corrected chi connectivity index (χ4v) is 2.97. The van der Waals surface area contributed by atoms with E-state index in [1.807, 2.05) is 19.9 Å². The fraction of sp³-hybridized carbons (Fsp3) is 0.278. The average molecular weight is 387 g/mol. The van der Waals surface area contributed by atoms with Crippen LogP contribution in [0.3, 0.4) is 0 Å². The van der Waals surface area contributed by atoms with E-state index in [9.17, 15) is 14.3 Å². The Bertz CT molecular complexity index is 806. The summed E-state index contributed by atoms with van der Waals surface area (Å²) < 4.78 is 19.2. The number of carboxylic acids is 1. The third kappa shape index (κ3) is 4.55. The molecule has 0 bridgehead atoms. The third-order valence-corrected chi connectivity index (χ3v) is 4.40. The van der Waals surface area contributed by atoms with E-state index in [1.54, 1.807) is 12.1 Å². The van der Waals surface area contributed by atoms with Crippen molar-refractivity contribution >= 4 is 29.2 Å². The van der Waals surface area contributed by atoms with Crippen LogP contribution in [0.25, 0.3) is 0 Å². The number of hydrogen-bond acceptors (Lipinski definition) is 3. The van der Waals surface area contributed by atoms with E-state index in [4.69, 9.17) is 33.0 Å². The van der Waals surface area contributed by atoms with Crippen LogP contribution in [0, 0.1) is 5.82 Å². The van der Waals surface area contributed by atoms with E-state index in [-0.39, 0.29) is 33.9 Å². The van der Waals surface area contributed by atoms with Crippen molar-refractivity contribution < 1.29 is 24.1 Å². The maximum Gasteiger partial charge on any atom is 0.341 e. The van der Waals surface area contributed by atoms with Crippen LogP contribution in [-0.2, 0) is 11.2 Å². The van der Waals surface area contributed by atoms with Crippen LogP contribution in [0.2, 0.25) is 10.0 Å². The molecule has 2 aromatic rings. The molecule has 0 heterocycles. The highest BCUT2D eigenvalue weighted by atomic mass is 35.5. The molecule has 0 saturated carbocycles. The molecule has 25 heavy (non-hydrogen) atoms. The van der Waals surface area contributed by atoms with Gasteiger partial charge in [0.1, 0.15) is 5.75 Å². The van der Waals surface area contributed by atoms with Gasteiger partial charge in [0.05, 0.1) is 5.02 Å². The Morgan fingerprint density at radius 1 is 1.28 bits per heavy atom. The molecule has 0 aromatic heterocycles. The molecule has 2 rings (SSSR count). The Balaban J connectivity index is 2.36. The Labute approximate surface area is 154 Å². The van der Waals surface area contributed by atoms with Gasteiger partial charge in [-0.1, -0.05) is 49.2 Å². The van der Waals surface area contributed by atoms with Gasteiger partial charge in [-0.25, -0.2) is 9.18 Å². The molecule has 0 amide bonds. The topological polar surface area (TPSA) is 66.8 Å². The van der Waals surface area contributed by atoms with E-state index >= 15 is 0 Å². The van der Waals surface area contributed by atoms with Gasteiger partial charge in [-0.3, -0.25) is 0 Å². The molecule has 0 unspecified atom stereocenters. The number of phenolic OH excluding ortho intramolecular Hbond substituents is 1. The summed E-state index contributed by atoms with van der Waals surface area (Å²) in [4.78, 5) is 10.5. The number of aromatic hydroxyl groups is 1. The number of rotatable bonds is 6. The maximum atomic E-state index is 14.3. The van der Waals surface area contributed by atoms with Crippen LogP contribution >= 0.6 is 23.2 Å². The highest BCUT2D eigenvalue weighted by Crippen LogP contribution is 2.36. The van der Waals surface area contributed by atoms with Crippen LogP contribution in [0.4, 0.5) is 4.39 Å². The summed E-state index contributed by atoms with van der Waals surface area (Å²) in [6, 6.07) is 6.32. The minimum Gasteiger partial charge on any atom is -0.508 e. The number of benzene rings is 2. The Hall–Kier alpha value is -1.98. The SMILES string of the molecule is CC(C)c1cc(Cc2c(Cl)cc(OCC(=O)O)c(F)c2Cl)ccc1O. The van der Waals surface area contributed by atoms with Crippen molar-refractivity contribution in [2.75, 3.05) is 6.61 Å². The predicted octanol–water partition coefficient (Wildman–Crippen LogP) is 5.02. The fourth-order valence-electron chi connectivity index (χ4n) is 2.40. The molecule has 0 atom stereocenters. The van der Waals surface area contributed by atoms with Gasteiger partial charge in [-0.2, -0.15) is 0 Å². The van der Waals surface area contributed by atoms with E-state index in [2.05, 4.69) is 0 Å². The zero-order valence-electron chi connectivity index (χ0n) is 13.6. The second kappa shape index (κ2) is 7.93. The number of ether oxygens (including phenoxy) is 1. The van der Waals surface area contributed by atoms with Crippen LogP contribution in [0.15, 0.2) is 24.3 Å². The lowest BCUT2D eigenvalue weighted by atomic mass is 9.96. The summed E-state index contributed by atoms with van der Waals surface area (Å²) in [6.07, 6.45) is 0.258. The molecule has 0 fully saturated rings. The van der Waals surface area contributed by atoms with Crippen LogP contribution < -0.4 is 4.74 Å². The molecule has 4 nitrogen and oxygen atoms in total. The number of halogens is 3. The summed E-state index contributed by atoms with van der Waals surface area (Å²) in [7, 11) is 0. The largest absolute Gasteiger partial charge is 0.508 e. The predicted molar refractivity (Wildman–Crippen MR) is 94.6 cm³/mol. The summed E-state index contributed by atoms with van der Waals surface area (Å²) in [5.74, 6) is -2.09. The van der Waals surface area contributed by atoms with Crippen molar-refractivity contribution in [1.29, 1.82) is 0 Å². The lowest BCUT2D eigenvalue weighted by Crippen LogP contribution is -2.11. The second-order valence-corrected chi connectivity index (χ2v) is 6.66. The molecular weight excluding hydrogens is 370 g/mol. The summed E-state index contributed by atoms with van der Waals surface area (Å²) in [5.41, 5.74) is 1.94. The first-order valence-electron chi connectivity index (χ1n) is 7.53. The molecule has 0 aliphatic carbocycles. The smallest absolute Gasteiger partial charge is 0.341 e. The van der Waals surface area contributed by atoms with Gasteiger partial charge >= 0.3 is 5.97 Å². The maximum absolute atomic E-state index is 14.3. The standard InChI is InChI=1S/C18H17Cl2FO4/c1-9(2)11-5-10(3-4-14(11)22)6-12-13(19)7-15(18(21)17(12)20)25-8-16(23)24/h3-5,7,9,22H,6,8H2,1-2H3,(H,23,24). The van der Waals surface area contributed by atoms with Gasteiger partial charge in [0.15, 0.2) is 18.2 Å². The molecule has 0 radical (unpaired) electrons. The van der Waals surface area contributed by atoms with E-state index in [0.717, 1.165) is 11.1 Å². The van der Waals surface area contributed by atoms with Crippen molar-refractivity contribution in [3.05, 3.63) is 56.8 Å². The molecule has 2 aromatic carbocycles. The first kappa shape index (κ1) is 19.3. The van der Waals surface area contributed by atoms with Gasteiger partial charge in [-0.05, 0) is 28.7 Å². The van der Waals surface area contributed by atoms with Crippen molar-refractivity contribution in [3.63, 3.8) is 0 Å². The van der Waals surface area contributed by atoms with E-state index < -0.39 is 18.4 Å². The monoisotopic (exact) mass is 386 g/mol. The van der Waals surface area contributed by atoms with Crippen molar-refractivity contribution in [3.8, 4) is 11.5 Å². The van der Waals surface area contributed by atoms with Gasteiger partial charge in [0.2, 0.25) is 0 Å². The summed E-state index contributed by atoms with van der Waals surface area (Å²) >= 11 is 12.2. The normalized spacial score (nSPS) is 11.0. The molecule has 7 heteroatoms. The summed E-state index contributed by atoms with van der Waals surface area (Å²) in [6.45, 7) is 3.21. The Morgan fingerprint density at radius 2 is 1.96 bits per heavy atom. The van der Waals surface area contributed by atoms with Crippen LogP contribution in [-0.4, -0.2) is 22.8 Å². The van der Waals surface area contributed by atoms with Crippen LogP contribution in [0.1, 0.15) is 36.5 Å². The first-order valence-corrected chi connectivity index (χ1v) is 8.29. The summed E-state index contributed by atoms with van der Waals surface area (Å²) in [5, 5.41) is 18.5. The molecule has 0 spiro atoms. The van der Waals surface area contributed by atoms with E-state index in [0.29, 0.717) is 5.56 Å². The quantitative estimate of drug-likeness (QED) is 0.684. The highest BCUT2D eigenvalue weighted by molar-refractivity contribution is 6.36. The molecular formula is C18H17Cl2FO4. The van der Waals surface area contributed by atoms with E-state index in [1.165, 1.54) is 6.07 Å². The molecule has 0 aliphatic rings. The zero-order valence-corrected chi connectivity index (χ0v) is 15.2. The van der Waals surface area contributed by atoms with Gasteiger partial charge < -0.3 is 14.9 Å². The molecule has 134 valence electrons. The Kier molecular flexibility index (Phi) is 6.14. The number of carbonyl (C=O) groups is 1. The third-order valence-electron chi connectivity index (χ3n) is 3.67. The molecule has 0 aliphatic heterocycles. The van der Waals surface area contributed by atoms with Crippen molar-refractivity contribution in [2.24, 2.45) is 0 Å². The van der Waals surface area contributed by atoms with Crippen molar-refractivity contribution in [2.45, 2.75) is 26.2 Å². The number of carboxylic acid groups (broad SMARTS) is 1. The molecule has 2 N–H and O–H groups in total. The minimum atomic E-state index is -1.24. The van der Waals surface area contributed by atoms with Gasteiger partial charge in [0.25, 0.3) is 0 Å².